The van der Waals surface area contributed by atoms with Crippen LogP contribution in [0.1, 0.15) is 51.5 Å². The van der Waals surface area contributed by atoms with E-state index < -0.39 is 29.1 Å². The first kappa shape index (κ1) is 16.3. The molecule has 5 aliphatic rings. The number of hydrogen-bond donors (Lipinski definition) is 0. The molecule has 1 aliphatic heterocycles. The van der Waals surface area contributed by atoms with Crippen molar-refractivity contribution in [2.45, 2.75) is 57.2 Å². The number of rotatable bonds is 2. The predicted molar refractivity (Wildman–Crippen MR) is 94.9 cm³/mol. The summed E-state index contributed by atoms with van der Waals surface area (Å²) < 4.78 is 11.2. The third-order valence-electron chi connectivity index (χ3n) is 7.40. The van der Waals surface area contributed by atoms with Crippen LogP contribution in [0.15, 0.2) is 30.3 Å². The van der Waals surface area contributed by atoms with E-state index in [0.717, 1.165) is 43.1 Å². The monoisotopic (exact) mass is 354 g/mol. The third kappa shape index (κ3) is 2.14. The average Bonchev–Trinajstić information content (AvgIpc) is 2.56. The number of cyclic esters (lactones) is 2. The van der Waals surface area contributed by atoms with Crippen LogP contribution < -0.4 is 0 Å². The summed E-state index contributed by atoms with van der Waals surface area (Å²) in [5.74, 6) is -0.602. The van der Waals surface area contributed by atoms with Gasteiger partial charge in [-0.1, -0.05) is 30.3 Å². The van der Waals surface area contributed by atoms with Crippen molar-refractivity contribution in [2.24, 2.45) is 29.6 Å². The normalized spacial score (nSPS) is 41.0. The molecule has 1 saturated heterocycles. The van der Waals surface area contributed by atoms with Crippen LogP contribution in [0.4, 0.5) is 0 Å². The summed E-state index contributed by atoms with van der Waals surface area (Å²) in [6.45, 7) is 3.26. The van der Waals surface area contributed by atoms with E-state index >= 15 is 0 Å². The molecule has 1 heterocycles. The molecule has 138 valence electrons. The molecule has 6 rings (SSSR count). The van der Waals surface area contributed by atoms with Gasteiger partial charge in [0.1, 0.15) is 0 Å². The second-order valence-corrected chi connectivity index (χ2v) is 9.28. The number of benzene rings is 1. The minimum atomic E-state index is -1.17. The Bertz CT molecular complexity index is 703. The quantitative estimate of drug-likeness (QED) is 0.598. The standard InChI is InChI=1S/C22H26O4/c1-21(2)25-19(23)18(20(24)26-21)22(15-6-4-3-5-7-15)16-9-13-8-14(11-16)12-17(22)10-13/h3-7,13-14,16-18H,8-12H2,1-2H3. The van der Waals surface area contributed by atoms with Gasteiger partial charge in [0.2, 0.25) is 0 Å². The van der Waals surface area contributed by atoms with Crippen LogP contribution >= 0.6 is 0 Å². The maximum absolute atomic E-state index is 13.1. The van der Waals surface area contributed by atoms with Gasteiger partial charge in [-0.05, 0) is 61.3 Å². The van der Waals surface area contributed by atoms with Gasteiger partial charge in [0, 0.05) is 19.3 Å². The lowest BCUT2D eigenvalue weighted by molar-refractivity contribution is -0.250. The summed E-state index contributed by atoms with van der Waals surface area (Å²) in [7, 11) is 0. The number of ether oxygens (including phenoxy) is 2. The second kappa shape index (κ2) is 5.34. The van der Waals surface area contributed by atoms with Crippen LogP contribution in [0.3, 0.4) is 0 Å². The maximum atomic E-state index is 13.1. The van der Waals surface area contributed by atoms with Gasteiger partial charge in [-0.15, -0.1) is 0 Å². The van der Waals surface area contributed by atoms with E-state index in [0.29, 0.717) is 11.8 Å². The Labute approximate surface area is 154 Å². The molecule has 0 N–H and O–H groups in total. The van der Waals surface area contributed by atoms with Crippen molar-refractivity contribution in [3.63, 3.8) is 0 Å². The van der Waals surface area contributed by atoms with E-state index in [9.17, 15) is 9.59 Å². The average molecular weight is 354 g/mol. The summed E-state index contributed by atoms with van der Waals surface area (Å²) in [6, 6.07) is 10.2. The van der Waals surface area contributed by atoms with Gasteiger partial charge in [0.25, 0.3) is 5.79 Å². The molecule has 0 spiro atoms. The molecule has 4 heteroatoms. The van der Waals surface area contributed by atoms with E-state index in [2.05, 4.69) is 12.1 Å². The lowest BCUT2D eigenvalue weighted by Crippen LogP contribution is -2.65. The Morgan fingerprint density at radius 3 is 1.81 bits per heavy atom. The van der Waals surface area contributed by atoms with Crippen LogP contribution in [-0.2, 0) is 24.5 Å². The largest absolute Gasteiger partial charge is 0.422 e. The first-order valence-electron chi connectivity index (χ1n) is 9.91. The van der Waals surface area contributed by atoms with Crippen molar-refractivity contribution in [2.75, 3.05) is 0 Å². The zero-order valence-corrected chi connectivity index (χ0v) is 15.4. The molecule has 0 radical (unpaired) electrons. The summed E-state index contributed by atoms with van der Waals surface area (Å²) in [5.41, 5.74) is 0.645. The summed E-state index contributed by atoms with van der Waals surface area (Å²) in [5, 5.41) is 0. The predicted octanol–water partition coefficient (Wildman–Crippen LogP) is 3.83. The first-order valence-corrected chi connectivity index (χ1v) is 9.91. The van der Waals surface area contributed by atoms with Crippen molar-refractivity contribution < 1.29 is 19.1 Å². The van der Waals surface area contributed by atoms with E-state index in [1.165, 1.54) is 6.42 Å². The summed E-state index contributed by atoms with van der Waals surface area (Å²) >= 11 is 0. The molecule has 0 aromatic heterocycles. The third-order valence-corrected chi connectivity index (χ3v) is 7.40. The molecule has 4 saturated carbocycles. The zero-order valence-electron chi connectivity index (χ0n) is 15.4. The van der Waals surface area contributed by atoms with Crippen molar-refractivity contribution in [1.82, 2.24) is 0 Å². The Morgan fingerprint density at radius 1 is 0.808 bits per heavy atom. The van der Waals surface area contributed by atoms with Crippen molar-refractivity contribution in [3.8, 4) is 0 Å². The number of carbonyl (C=O) groups excluding carboxylic acids is 2. The smallest absolute Gasteiger partial charge is 0.324 e. The van der Waals surface area contributed by atoms with Gasteiger partial charge in [0.15, 0.2) is 5.92 Å². The van der Waals surface area contributed by atoms with Crippen LogP contribution in [-0.4, -0.2) is 17.7 Å². The highest BCUT2D eigenvalue weighted by Crippen LogP contribution is 2.66. The molecule has 5 fully saturated rings. The van der Waals surface area contributed by atoms with Crippen molar-refractivity contribution >= 4 is 11.9 Å². The minimum absolute atomic E-state index is 0.354. The van der Waals surface area contributed by atoms with Gasteiger partial charge < -0.3 is 9.47 Å². The SMILES string of the molecule is CC1(C)OC(=O)C(C2(c3ccccc3)C3CC4CC(C3)CC2C4)C(=O)O1. The molecule has 1 aromatic carbocycles. The topological polar surface area (TPSA) is 52.6 Å². The Balaban J connectivity index is 1.67. The molecule has 0 atom stereocenters. The Hall–Kier alpha value is -1.84. The Kier molecular flexibility index (Phi) is 3.35. The lowest BCUT2D eigenvalue weighted by Gasteiger charge is -2.63. The van der Waals surface area contributed by atoms with Gasteiger partial charge in [-0.3, -0.25) is 9.59 Å². The summed E-state index contributed by atoms with van der Waals surface area (Å²) in [4.78, 5) is 26.2. The fourth-order valence-electron chi connectivity index (χ4n) is 6.91. The van der Waals surface area contributed by atoms with E-state index in [4.69, 9.17) is 9.47 Å². The fourth-order valence-corrected chi connectivity index (χ4v) is 6.91. The van der Waals surface area contributed by atoms with Gasteiger partial charge in [-0.25, -0.2) is 0 Å². The highest BCUT2D eigenvalue weighted by atomic mass is 16.7. The van der Waals surface area contributed by atoms with Crippen LogP contribution in [0, 0.1) is 29.6 Å². The second-order valence-electron chi connectivity index (χ2n) is 9.28. The number of carbonyl (C=O) groups is 2. The molecule has 4 bridgehead atoms. The Morgan fingerprint density at radius 2 is 1.31 bits per heavy atom. The molecule has 4 nitrogen and oxygen atoms in total. The van der Waals surface area contributed by atoms with Gasteiger partial charge >= 0.3 is 11.9 Å². The molecule has 26 heavy (non-hydrogen) atoms. The van der Waals surface area contributed by atoms with Gasteiger partial charge in [0.05, 0.1) is 0 Å². The zero-order chi connectivity index (χ0) is 18.1. The molecule has 1 aromatic rings. The molecular weight excluding hydrogens is 328 g/mol. The van der Waals surface area contributed by atoms with Crippen LogP contribution in [0.5, 0.6) is 0 Å². The fraction of sp³-hybridized carbons (Fsp3) is 0.636. The van der Waals surface area contributed by atoms with Crippen molar-refractivity contribution in [3.05, 3.63) is 35.9 Å². The number of esters is 2. The highest BCUT2D eigenvalue weighted by Gasteiger charge is 2.66. The molecule has 4 aliphatic carbocycles. The lowest BCUT2D eigenvalue weighted by atomic mass is 9.40. The minimum Gasteiger partial charge on any atom is -0.422 e. The van der Waals surface area contributed by atoms with Crippen LogP contribution in [0.2, 0.25) is 0 Å². The van der Waals surface area contributed by atoms with E-state index in [1.807, 2.05) is 18.2 Å². The van der Waals surface area contributed by atoms with Gasteiger partial charge in [-0.2, -0.15) is 0 Å². The maximum Gasteiger partial charge on any atom is 0.324 e. The number of hydrogen-bond acceptors (Lipinski definition) is 4. The first-order chi connectivity index (χ1) is 12.4. The van der Waals surface area contributed by atoms with Crippen LogP contribution in [0.25, 0.3) is 0 Å². The highest BCUT2D eigenvalue weighted by molar-refractivity contribution is 5.99. The van der Waals surface area contributed by atoms with E-state index in [-0.39, 0.29) is 0 Å². The molecule has 0 amide bonds. The molecule has 0 unspecified atom stereocenters. The van der Waals surface area contributed by atoms with E-state index in [1.54, 1.807) is 13.8 Å². The molecular formula is C22H26O4. The van der Waals surface area contributed by atoms with Crippen molar-refractivity contribution in [1.29, 1.82) is 0 Å². The summed E-state index contributed by atoms with van der Waals surface area (Å²) in [6.07, 6.45) is 5.78.